The molecule has 204 valence electrons. The molecule has 0 aromatic heterocycles. The van der Waals surface area contributed by atoms with Gasteiger partial charge in [-0.2, -0.15) is 0 Å². The molecule has 0 spiro atoms. The molecule has 3 saturated carbocycles. The molecule has 0 bridgehead atoms. The molecule has 36 heavy (non-hydrogen) atoms. The Balaban J connectivity index is 1.20. The van der Waals surface area contributed by atoms with E-state index in [1.807, 2.05) is 0 Å². The van der Waals surface area contributed by atoms with Crippen LogP contribution < -0.4 is 0 Å². The minimum absolute atomic E-state index is 0.731. The highest BCUT2D eigenvalue weighted by atomic mass is 14.4. The Morgan fingerprint density at radius 3 is 1.69 bits per heavy atom. The van der Waals surface area contributed by atoms with E-state index < -0.39 is 0 Å². The average Bonchev–Trinajstić information content (AvgIpc) is 2.94. The van der Waals surface area contributed by atoms with Crippen molar-refractivity contribution in [1.82, 2.24) is 0 Å². The molecule has 4 rings (SSSR count). The highest BCUT2D eigenvalue weighted by Gasteiger charge is 2.33. The molecule has 3 aliphatic carbocycles. The summed E-state index contributed by atoms with van der Waals surface area (Å²) in [5.74, 6) is 7.51. The molecule has 0 heterocycles. The minimum Gasteiger partial charge on any atom is -0.0654 e. The van der Waals surface area contributed by atoms with Crippen molar-refractivity contribution in [3.8, 4) is 0 Å². The third-order valence-electron chi connectivity index (χ3n) is 11.6. The quantitative estimate of drug-likeness (QED) is 0.269. The minimum atomic E-state index is 0.731. The Labute approximate surface area is 225 Å². The van der Waals surface area contributed by atoms with Crippen LogP contribution in [0.4, 0.5) is 0 Å². The summed E-state index contributed by atoms with van der Waals surface area (Å²) in [6, 6.07) is 10.0. The van der Waals surface area contributed by atoms with Gasteiger partial charge in [-0.05, 0) is 123 Å². The predicted octanol–water partition coefficient (Wildman–Crippen LogP) is 11.7. The van der Waals surface area contributed by atoms with E-state index in [-0.39, 0.29) is 0 Å². The molecule has 2 unspecified atom stereocenters. The van der Waals surface area contributed by atoms with Gasteiger partial charge in [-0.1, -0.05) is 103 Å². The van der Waals surface area contributed by atoms with Gasteiger partial charge in [0.05, 0.1) is 0 Å². The molecule has 0 amide bonds. The van der Waals surface area contributed by atoms with Crippen molar-refractivity contribution in [3.63, 3.8) is 0 Å². The number of hydrogen-bond donors (Lipinski definition) is 0. The van der Waals surface area contributed by atoms with Crippen molar-refractivity contribution in [2.24, 2.45) is 35.5 Å². The lowest BCUT2D eigenvalue weighted by Crippen LogP contribution is -2.29. The van der Waals surface area contributed by atoms with Crippen molar-refractivity contribution in [1.29, 1.82) is 0 Å². The van der Waals surface area contributed by atoms with Crippen molar-refractivity contribution in [2.75, 3.05) is 0 Å². The van der Waals surface area contributed by atoms with Crippen LogP contribution in [-0.4, -0.2) is 0 Å². The normalized spacial score (nSPS) is 33.2. The first-order valence-corrected chi connectivity index (χ1v) is 16.7. The highest BCUT2D eigenvalue weighted by molar-refractivity contribution is 5.28. The first kappa shape index (κ1) is 28.2. The Hall–Kier alpha value is -0.780. The standard InChI is InChI=1S/C36H60/c1-5-7-8-10-30-13-17-35(18-14-30)36-25-23-34(24-26-36)28(4)33-21-19-32(20-22-33)27(3)31-15-11-29(9-6-2)12-16-31/h23-33,35H,5-22H2,1-4H3. The molecule has 2 atom stereocenters. The number of hydrogen-bond acceptors (Lipinski definition) is 0. The second kappa shape index (κ2) is 14.4. The first-order valence-electron chi connectivity index (χ1n) is 16.7. The second-order valence-corrected chi connectivity index (χ2v) is 13.8. The SMILES string of the molecule is CCCCCC1CCC(c2ccc(C(C)C3CCC(C(C)C4CCC(CCC)CC4)CC3)cc2)CC1. The summed E-state index contributed by atoms with van der Waals surface area (Å²) in [7, 11) is 0. The molecule has 0 aliphatic heterocycles. The Bertz CT molecular complexity index is 707. The summed E-state index contributed by atoms with van der Waals surface area (Å²) in [4.78, 5) is 0. The number of benzene rings is 1. The van der Waals surface area contributed by atoms with Crippen LogP contribution >= 0.6 is 0 Å². The molecule has 0 heteroatoms. The third-order valence-corrected chi connectivity index (χ3v) is 11.6. The zero-order valence-corrected chi connectivity index (χ0v) is 24.7. The maximum absolute atomic E-state index is 2.62. The van der Waals surface area contributed by atoms with Crippen molar-refractivity contribution in [2.45, 2.75) is 155 Å². The highest BCUT2D eigenvalue weighted by Crippen LogP contribution is 2.45. The van der Waals surface area contributed by atoms with Gasteiger partial charge in [-0.15, -0.1) is 0 Å². The van der Waals surface area contributed by atoms with Crippen LogP contribution in [0.15, 0.2) is 24.3 Å². The lowest BCUT2D eigenvalue weighted by atomic mass is 9.65. The van der Waals surface area contributed by atoms with Crippen LogP contribution in [0.25, 0.3) is 0 Å². The Morgan fingerprint density at radius 1 is 0.583 bits per heavy atom. The topological polar surface area (TPSA) is 0 Å². The fraction of sp³-hybridized carbons (Fsp3) is 0.833. The summed E-state index contributed by atoms with van der Waals surface area (Å²) < 4.78 is 0. The molecular weight excluding hydrogens is 432 g/mol. The van der Waals surface area contributed by atoms with Gasteiger partial charge < -0.3 is 0 Å². The van der Waals surface area contributed by atoms with E-state index >= 15 is 0 Å². The summed E-state index contributed by atoms with van der Waals surface area (Å²) in [5.41, 5.74) is 3.24. The third kappa shape index (κ3) is 7.63. The first-order chi connectivity index (χ1) is 17.6. The molecule has 1 aromatic carbocycles. The van der Waals surface area contributed by atoms with Gasteiger partial charge in [-0.3, -0.25) is 0 Å². The molecule has 0 N–H and O–H groups in total. The lowest BCUT2D eigenvalue weighted by molar-refractivity contribution is 0.118. The molecular formula is C36H60. The number of rotatable bonds is 11. The summed E-state index contributed by atoms with van der Waals surface area (Å²) in [6.07, 6.45) is 26.4. The molecule has 0 saturated heterocycles. The van der Waals surface area contributed by atoms with Gasteiger partial charge in [0, 0.05) is 0 Å². The van der Waals surface area contributed by atoms with Crippen LogP contribution in [0, 0.1) is 35.5 Å². The van der Waals surface area contributed by atoms with Gasteiger partial charge >= 0.3 is 0 Å². The predicted molar refractivity (Wildman–Crippen MR) is 159 cm³/mol. The Morgan fingerprint density at radius 2 is 1.11 bits per heavy atom. The largest absolute Gasteiger partial charge is 0.0654 e. The fourth-order valence-corrected chi connectivity index (χ4v) is 8.78. The van der Waals surface area contributed by atoms with E-state index in [0.717, 1.165) is 47.3 Å². The van der Waals surface area contributed by atoms with Gasteiger partial charge in [0.2, 0.25) is 0 Å². The van der Waals surface area contributed by atoms with Crippen molar-refractivity contribution in [3.05, 3.63) is 35.4 Å². The fourth-order valence-electron chi connectivity index (χ4n) is 8.78. The van der Waals surface area contributed by atoms with Gasteiger partial charge in [0.15, 0.2) is 0 Å². The molecule has 1 aromatic rings. The summed E-state index contributed by atoms with van der Waals surface area (Å²) in [6.45, 7) is 9.84. The van der Waals surface area contributed by atoms with Gasteiger partial charge in [0.1, 0.15) is 0 Å². The van der Waals surface area contributed by atoms with Crippen LogP contribution in [0.1, 0.15) is 166 Å². The van der Waals surface area contributed by atoms with E-state index in [4.69, 9.17) is 0 Å². The van der Waals surface area contributed by atoms with Crippen molar-refractivity contribution < 1.29 is 0 Å². The Kier molecular flexibility index (Phi) is 11.3. The average molecular weight is 493 g/mol. The van der Waals surface area contributed by atoms with E-state index in [2.05, 4.69) is 52.0 Å². The monoisotopic (exact) mass is 492 g/mol. The van der Waals surface area contributed by atoms with Crippen LogP contribution in [0.3, 0.4) is 0 Å². The summed E-state index contributed by atoms with van der Waals surface area (Å²) in [5, 5.41) is 0. The van der Waals surface area contributed by atoms with E-state index in [0.29, 0.717) is 0 Å². The van der Waals surface area contributed by atoms with E-state index in [1.165, 1.54) is 116 Å². The molecule has 3 fully saturated rings. The second-order valence-electron chi connectivity index (χ2n) is 13.8. The molecule has 3 aliphatic rings. The smallest absolute Gasteiger partial charge is 0.0162 e. The van der Waals surface area contributed by atoms with Crippen LogP contribution in [0.2, 0.25) is 0 Å². The number of unbranched alkanes of at least 4 members (excludes halogenated alkanes) is 2. The molecule has 0 nitrogen and oxygen atoms in total. The lowest BCUT2D eigenvalue weighted by Gasteiger charge is -2.40. The van der Waals surface area contributed by atoms with Crippen LogP contribution in [-0.2, 0) is 0 Å². The maximum atomic E-state index is 2.62. The van der Waals surface area contributed by atoms with E-state index in [1.54, 1.807) is 11.1 Å². The molecule has 0 radical (unpaired) electrons. The van der Waals surface area contributed by atoms with Gasteiger partial charge in [0.25, 0.3) is 0 Å². The summed E-state index contributed by atoms with van der Waals surface area (Å²) >= 11 is 0. The van der Waals surface area contributed by atoms with Crippen molar-refractivity contribution >= 4 is 0 Å². The zero-order valence-electron chi connectivity index (χ0n) is 24.7. The zero-order chi connectivity index (χ0) is 25.3. The van der Waals surface area contributed by atoms with E-state index in [9.17, 15) is 0 Å². The maximum Gasteiger partial charge on any atom is -0.0162 e. The van der Waals surface area contributed by atoms with Crippen LogP contribution in [0.5, 0.6) is 0 Å². The van der Waals surface area contributed by atoms with Gasteiger partial charge in [-0.25, -0.2) is 0 Å².